The average molecular weight is 297 g/mol. The third-order valence-electron chi connectivity index (χ3n) is 3.88. The molecule has 0 spiro atoms. The fourth-order valence-electron chi connectivity index (χ4n) is 2.11. The maximum absolute atomic E-state index is 3.88. The molecule has 0 fully saturated rings. The topological polar surface area (TPSA) is 0 Å². The van der Waals surface area contributed by atoms with E-state index in [4.69, 9.17) is 0 Å². The van der Waals surface area contributed by atoms with Gasteiger partial charge >= 0.3 is 0 Å². The number of benzene rings is 1. The molecule has 1 unspecified atom stereocenters. The van der Waals surface area contributed by atoms with Crippen LogP contribution in [0, 0.1) is 5.41 Å². The van der Waals surface area contributed by atoms with Gasteiger partial charge in [0.25, 0.3) is 0 Å². The van der Waals surface area contributed by atoms with Gasteiger partial charge in [-0.2, -0.15) is 0 Å². The Morgan fingerprint density at radius 2 is 1.65 bits per heavy atom. The summed E-state index contributed by atoms with van der Waals surface area (Å²) in [5.74, 6) is 0. The lowest BCUT2D eigenvalue weighted by Crippen LogP contribution is -2.16. The fourth-order valence-corrected chi connectivity index (χ4v) is 2.72. The van der Waals surface area contributed by atoms with Crippen LogP contribution < -0.4 is 0 Å². The summed E-state index contributed by atoms with van der Waals surface area (Å²) >= 11 is 3.88. The predicted octanol–water partition coefficient (Wildman–Crippen LogP) is 5.68. The van der Waals surface area contributed by atoms with Gasteiger partial charge in [-0.05, 0) is 41.4 Å². The second-order valence-corrected chi connectivity index (χ2v) is 6.36. The summed E-state index contributed by atoms with van der Waals surface area (Å²) in [6, 6.07) is 6.97. The summed E-state index contributed by atoms with van der Waals surface area (Å²) in [6.45, 7) is 11.4. The summed E-state index contributed by atoms with van der Waals surface area (Å²) in [4.78, 5) is 0.441. The second kappa shape index (κ2) is 6.04. The number of aryl methyl sites for hydroxylation is 2. The Morgan fingerprint density at radius 3 is 2.12 bits per heavy atom. The van der Waals surface area contributed by atoms with Crippen molar-refractivity contribution in [3.05, 3.63) is 34.9 Å². The molecule has 0 radical (unpaired) electrons. The minimum Gasteiger partial charge on any atom is -0.0833 e. The number of hydrogen-bond donors (Lipinski definition) is 0. The molecule has 1 aromatic carbocycles. The highest BCUT2D eigenvalue weighted by atomic mass is 79.9. The second-order valence-electron chi connectivity index (χ2n) is 5.44. The summed E-state index contributed by atoms with van der Waals surface area (Å²) in [5.41, 5.74) is 4.72. The van der Waals surface area contributed by atoms with Crippen LogP contribution in [-0.2, 0) is 12.8 Å². The molecule has 0 bridgehead atoms. The lowest BCUT2D eigenvalue weighted by atomic mass is 9.82. The van der Waals surface area contributed by atoms with Crippen LogP contribution in [0.3, 0.4) is 0 Å². The summed E-state index contributed by atoms with van der Waals surface area (Å²) in [6.07, 6.45) is 3.44. The molecular weight excluding hydrogens is 272 g/mol. The highest BCUT2D eigenvalue weighted by molar-refractivity contribution is 9.09. The fraction of sp³-hybridized carbons (Fsp3) is 0.625. The Balaban J connectivity index is 3.07. The number of halogens is 1. The molecule has 0 saturated carbocycles. The quantitative estimate of drug-likeness (QED) is 0.613. The number of alkyl halides is 1. The monoisotopic (exact) mass is 296 g/mol. The number of rotatable bonds is 5. The normalized spacial score (nSPS) is 13.8. The van der Waals surface area contributed by atoms with Gasteiger partial charge in [0.15, 0.2) is 0 Å². The molecule has 0 aliphatic rings. The molecule has 17 heavy (non-hydrogen) atoms. The van der Waals surface area contributed by atoms with Crippen molar-refractivity contribution in [2.45, 2.75) is 58.7 Å². The molecule has 0 N–H and O–H groups in total. The molecule has 0 amide bonds. The third kappa shape index (κ3) is 3.34. The maximum Gasteiger partial charge on any atom is 0.0446 e. The van der Waals surface area contributed by atoms with Crippen molar-refractivity contribution < 1.29 is 0 Å². The van der Waals surface area contributed by atoms with Crippen molar-refractivity contribution in [1.29, 1.82) is 0 Å². The predicted molar refractivity (Wildman–Crippen MR) is 80.9 cm³/mol. The first-order chi connectivity index (χ1) is 7.96. The van der Waals surface area contributed by atoms with Crippen molar-refractivity contribution in [3.8, 4) is 0 Å². The van der Waals surface area contributed by atoms with Crippen molar-refractivity contribution in [1.82, 2.24) is 0 Å². The molecule has 1 atom stereocenters. The van der Waals surface area contributed by atoms with E-state index in [9.17, 15) is 0 Å². The molecule has 0 aromatic heterocycles. The van der Waals surface area contributed by atoms with E-state index in [0.717, 1.165) is 12.8 Å². The molecule has 96 valence electrons. The Labute approximate surface area is 115 Å². The van der Waals surface area contributed by atoms with E-state index in [1.165, 1.54) is 23.1 Å². The van der Waals surface area contributed by atoms with Crippen LogP contribution in [-0.4, -0.2) is 0 Å². The average Bonchev–Trinajstić information content (AvgIpc) is 2.36. The molecule has 1 rings (SSSR count). The Morgan fingerprint density at radius 1 is 1.06 bits per heavy atom. The zero-order valence-electron chi connectivity index (χ0n) is 11.8. The Hall–Kier alpha value is -0.300. The maximum atomic E-state index is 3.88. The lowest BCUT2D eigenvalue weighted by Gasteiger charge is -2.30. The van der Waals surface area contributed by atoms with Gasteiger partial charge in [0.2, 0.25) is 0 Å². The van der Waals surface area contributed by atoms with E-state index < -0.39 is 0 Å². The van der Waals surface area contributed by atoms with E-state index in [2.05, 4.69) is 68.7 Å². The Kier molecular flexibility index (Phi) is 5.24. The van der Waals surface area contributed by atoms with Crippen molar-refractivity contribution >= 4 is 15.9 Å². The number of hydrogen-bond acceptors (Lipinski definition) is 0. The molecule has 0 aliphatic carbocycles. The van der Waals surface area contributed by atoms with E-state index >= 15 is 0 Å². The highest BCUT2D eigenvalue weighted by Gasteiger charge is 2.26. The Bertz CT molecular complexity index is 366. The van der Waals surface area contributed by atoms with Crippen LogP contribution in [0.1, 0.15) is 62.6 Å². The highest BCUT2D eigenvalue weighted by Crippen LogP contribution is 2.43. The van der Waals surface area contributed by atoms with Gasteiger partial charge in [0, 0.05) is 4.83 Å². The van der Waals surface area contributed by atoms with Crippen LogP contribution in [0.2, 0.25) is 0 Å². The molecule has 0 aliphatic heterocycles. The van der Waals surface area contributed by atoms with Gasteiger partial charge in [0.05, 0.1) is 0 Å². The van der Waals surface area contributed by atoms with E-state index in [0.29, 0.717) is 10.2 Å². The van der Waals surface area contributed by atoms with Gasteiger partial charge in [-0.15, -0.1) is 0 Å². The summed E-state index contributed by atoms with van der Waals surface area (Å²) in [7, 11) is 0. The van der Waals surface area contributed by atoms with Crippen LogP contribution >= 0.6 is 15.9 Å². The van der Waals surface area contributed by atoms with E-state index in [1.54, 1.807) is 0 Å². The summed E-state index contributed by atoms with van der Waals surface area (Å²) < 4.78 is 0. The third-order valence-corrected chi connectivity index (χ3v) is 5.65. The molecular formula is C16H25Br. The van der Waals surface area contributed by atoms with E-state index in [1.807, 2.05) is 0 Å². The van der Waals surface area contributed by atoms with Gasteiger partial charge in [-0.3, -0.25) is 0 Å². The first-order valence-corrected chi connectivity index (χ1v) is 7.63. The van der Waals surface area contributed by atoms with Crippen molar-refractivity contribution in [3.63, 3.8) is 0 Å². The van der Waals surface area contributed by atoms with Crippen LogP contribution in [0.5, 0.6) is 0 Å². The van der Waals surface area contributed by atoms with Crippen LogP contribution in [0.15, 0.2) is 18.2 Å². The minimum absolute atomic E-state index is 0.304. The standard InChI is InChI=1S/C16H25Br/c1-6-12-9-10-14(11-13(12)7-2)15(17)16(4,5)8-3/h9-11,15H,6-8H2,1-5H3. The van der Waals surface area contributed by atoms with Crippen LogP contribution in [0.4, 0.5) is 0 Å². The SMILES string of the molecule is CCc1ccc(C(Br)C(C)(C)CC)cc1CC. The van der Waals surface area contributed by atoms with Gasteiger partial charge in [-0.25, -0.2) is 0 Å². The molecule has 1 aromatic rings. The first-order valence-electron chi connectivity index (χ1n) is 6.72. The van der Waals surface area contributed by atoms with Gasteiger partial charge in [0.1, 0.15) is 0 Å². The van der Waals surface area contributed by atoms with Crippen molar-refractivity contribution in [2.75, 3.05) is 0 Å². The van der Waals surface area contributed by atoms with Gasteiger partial charge < -0.3 is 0 Å². The zero-order valence-corrected chi connectivity index (χ0v) is 13.4. The lowest BCUT2D eigenvalue weighted by molar-refractivity contribution is 0.346. The molecule has 0 saturated heterocycles. The first kappa shape index (κ1) is 14.8. The molecule has 0 heterocycles. The molecule has 1 heteroatoms. The van der Waals surface area contributed by atoms with Crippen molar-refractivity contribution in [2.24, 2.45) is 5.41 Å². The largest absolute Gasteiger partial charge is 0.0833 e. The minimum atomic E-state index is 0.304. The zero-order chi connectivity index (χ0) is 13.1. The van der Waals surface area contributed by atoms with E-state index in [-0.39, 0.29) is 0 Å². The van der Waals surface area contributed by atoms with Crippen LogP contribution in [0.25, 0.3) is 0 Å². The smallest absolute Gasteiger partial charge is 0.0446 e. The molecule has 0 nitrogen and oxygen atoms in total. The summed E-state index contributed by atoms with van der Waals surface area (Å²) in [5, 5.41) is 0. The van der Waals surface area contributed by atoms with Gasteiger partial charge in [-0.1, -0.05) is 68.7 Å².